The van der Waals surface area contributed by atoms with Crippen LogP contribution in [0.1, 0.15) is 31.2 Å². The van der Waals surface area contributed by atoms with E-state index in [2.05, 4.69) is 48.9 Å². The lowest BCUT2D eigenvalue weighted by Gasteiger charge is -2.31. The minimum absolute atomic E-state index is 0.155. The topological polar surface area (TPSA) is 85.3 Å². The number of hydrogen-bond donors (Lipinski definition) is 1. The van der Waals surface area contributed by atoms with Crippen molar-refractivity contribution >= 4 is 28.7 Å². The molecule has 8 nitrogen and oxygen atoms in total. The largest absolute Gasteiger partial charge is 0.488 e. The molecule has 32 heavy (non-hydrogen) atoms. The van der Waals surface area contributed by atoms with Gasteiger partial charge in [0.25, 0.3) is 0 Å². The van der Waals surface area contributed by atoms with E-state index in [4.69, 9.17) is 9.47 Å². The van der Waals surface area contributed by atoms with Gasteiger partial charge in [-0.25, -0.2) is 15.0 Å². The molecule has 0 spiro atoms. The summed E-state index contributed by atoms with van der Waals surface area (Å²) in [6.07, 6.45) is 12.9. The van der Waals surface area contributed by atoms with E-state index in [-0.39, 0.29) is 6.10 Å². The third kappa shape index (κ3) is 4.65. The first-order chi connectivity index (χ1) is 15.8. The highest BCUT2D eigenvalue weighted by Crippen LogP contribution is 2.33. The van der Waals surface area contributed by atoms with Crippen molar-refractivity contribution in [1.82, 2.24) is 19.9 Å². The van der Waals surface area contributed by atoms with Crippen LogP contribution in [-0.4, -0.2) is 58.4 Å². The predicted octanol–water partition coefficient (Wildman–Crippen LogP) is 3.70. The Bertz CT molecular complexity index is 1060. The quantitative estimate of drug-likeness (QED) is 0.631. The van der Waals surface area contributed by atoms with Crippen molar-refractivity contribution < 1.29 is 9.47 Å². The summed E-state index contributed by atoms with van der Waals surface area (Å²) >= 11 is 0. The zero-order chi connectivity index (χ0) is 21.8. The minimum Gasteiger partial charge on any atom is -0.488 e. The van der Waals surface area contributed by atoms with Crippen LogP contribution >= 0.6 is 0 Å². The Morgan fingerprint density at radius 3 is 2.50 bits per heavy atom. The Hall–Kier alpha value is -3.26. The first kappa shape index (κ1) is 20.6. The number of nitrogens with zero attached hydrogens (tertiary/aromatic N) is 5. The molecule has 1 aliphatic heterocycles. The van der Waals surface area contributed by atoms with Crippen molar-refractivity contribution in [2.75, 3.05) is 36.5 Å². The molecule has 1 N–H and O–H groups in total. The highest BCUT2D eigenvalue weighted by molar-refractivity contribution is 5.85. The van der Waals surface area contributed by atoms with Gasteiger partial charge in [0.05, 0.1) is 24.8 Å². The van der Waals surface area contributed by atoms with Gasteiger partial charge in [0, 0.05) is 61.2 Å². The Labute approximate surface area is 187 Å². The molecule has 8 heteroatoms. The molecule has 0 amide bonds. The van der Waals surface area contributed by atoms with Gasteiger partial charge < -0.3 is 19.7 Å². The second-order valence-corrected chi connectivity index (χ2v) is 8.25. The molecule has 3 heterocycles. The van der Waals surface area contributed by atoms with Crippen molar-refractivity contribution in [3.8, 4) is 5.75 Å². The lowest BCUT2D eigenvalue weighted by molar-refractivity contribution is 0.122. The number of aromatic nitrogens is 4. The second-order valence-electron chi connectivity index (χ2n) is 8.25. The van der Waals surface area contributed by atoms with Crippen LogP contribution in [0.25, 0.3) is 17.1 Å². The molecule has 3 aromatic rings. The minimum atomic E-state index is 0.155. The number of morpholine rings is 1. The van der Waals surface area contributed by atoms with Gasteiger partial charge in [0.15, 0.2) is 0 Å². The number of hydrogen-bond acceptors (Lipinski definition) is 8. The normalized spacial score (nSPS) is 21.3. The van der Waals surface area contributed by atoms with Gasteiger partial charge >= 0.3 is 0 Å². The number of rotatable bonds is 6. The van der Waals surface area contributed by atoms with Crippen molar-refractivity contribution in [2.24, 2.45) is 0 Å². The maximum absolute atomic E-state index is 6.50. The zero-order valence-corrected chi connectivity index (χ0v) is 18.1. The predicted molar refractivity (Wildman–Crippen MR) is 125 cm³/mol. The molecule has 166 valence electrons. The standard InChI is InChI=1S/C24H28N6O2/c1-2-17-15-27-24(28-16-17)29-18-3-5-20(6-4-18)32-22-14-19(30-9-11-31-12-10-30)13-21-23(22)26-8-7-25-21/h2,7-8,13-16,18,20H,1,3-6,9-12H2,(H,27,28,29). The molecule has 1 aromatic carbocycles. The number of fused-ring (bicyclic) bond motifs is 1. The van der Waals surface area contributed by atoms with Gasteiger partial charge in [-0.1, -0.05) is 12.7 Å². The Kier molecular flexibility index (Phi) is 6.11. The van der Waals surface area contributed by atoms with Crippen LogP contribution in [0, 0.1) is 0 Å². The molecule has 1 aliphatic carbocycles. The first-order valence-electron chi connectivity index (χ1n) is 11.2. The van der Waals surface area contributed by atoms with Gasteiger partial charge in [-0.3, -0.25) is 4.98 Å². The van der Waals surface area contributed by atoms with Gasteiger partial charge in [0.2, 0.25) is 5.95 Å². The molecule has 0 unspecified atom stereocenters. The summed E-state index contributed by atoms with van der Waals surface area (Å²) in [5, 5.41) is 3.45. The summed E-state index contributed by atoms with van der Waals surface area (Å²) in [7, 11) is 0. The van der Waals surface area contributed by atoms with E-state index >= 15 is 0 Å². The van der Waals surface area contributed by atoms with Gasteiger partial charge in [-0.2, -0.15) is 0 Å². The molecule has 1 saturated carbocycles. The Balaban J connectivity index is 1.26. The molecular formula is C24H28N6O2. The summed E-state index contributed by atoms with van der Waals surface area (Å²) in [5.74, 6) is 1.48. The molecule has 0 radical (unpaired) electrons. The first-order valence-corrected chi connectivity index (χ1v) is 11.2. The van der Waals surface area contributed by atoms with Crippen LogP contribution in [0.15, 0.2) is 43.5 Å². The van der Waals surface area contributed by atoms with Crippen LogP contribution in [0.2, 0.25) is 0 Å². The Morgan fingerprint density at radius 2 is 1.75 bits per heavy atom. The maximum Gasteiger partial charge on any atom is 0.222 e. The van der Waals surface area contributed by atoms with Crippen LogP contribution in [-0.2, 0) is 4.74 Å². The van der Waals surface area contributed by atoms with Crippen molar-refractivity contribution in [3.63, 3.8) is 0 Å². The molecular weight excluding hydrogens is 404 g/mol. The van der Waals surface area contributed by atoms with Gasteiger partial charge in [0.1, 0.15) is 11.3 Å². The summed E-state index contributed by atoms with van der Waals surface area (Å²) in [6.45, 7) is 6.97. The van der Waals surface area contributed by atoms with E-state index in [1.54, 1.807) is 30.9 Å². The number of ether oxygens (including phenoxy) is 2. The number of anilines is 2. The fourth-order valence-electron chi connectivity index (χ4n) is 4.33. The molecule has 2 fully saturated rings. The van der Waals surface area contributed by atoms with Crippen LogP contribution < -0.4 is 15.0 Å². The van der Waals surface area contributed by atoms with Crippen molar-refractivity contribution in [3.05, 3.63) is 49.1 Å². The summed E-state index contributed by atoms with van der Waals surface area (Å²) in [5.41, 5.74) is 3.72. The van der Waals surface area contributed by atoms with E-state index in [0.717, 1.165) is 80.0 Å². The third-order valence-corrected chi connectivity index (χ3v) is 6.11. The fraction of sp³-hybridized carbons (Fsp3) is 0.417. The average Bonchev–Trinajstić information content (AvgIpc) is 2.86. The monoisotopic (exact) mass is 432 g/mol. The maximum atomic E-state index is 6.50. The number of nitrogens with one attached hydrogen (secondary N) is 1. The van der Waals surface area contributed by atoms with Crippen LogP contribution in [0.5, 0.6) is 5.75 Å². The zero-order valence-electron chi connectivity index (χ0n) is 18.1. The highest BCUT2D eigenvalue weighted by atomic mass is 16.5. The van der Waals surface area contributed by atoms with Crippen LogP contribution in [0.3, 0.4) is 0 Å². The SMILES string of the molecule is C=Cc1cnc(NC2CCC(Oc3cc(N4CCOCC4)cc4nccnc34)CC2)nc1. The van der Waals surface area contributed by atoms with E-state index in [1.807, 2.05) is 0 Å². The molecule has 2 aromatic heterocycles. The van der Waals surface area contributed by atoms with E-state index in [1.165, 1.54) is 0 Å². The smallest absolute Gasteiger partial charge is 0.222 e. The van der Waals surface area contributed by atoms with Crippen molar-refractivity contribution in [2.45, 2.75) is 37.8 Å². The van der Waals surface area contributed by atoms with Crippen LogP contribution in [0.4, 0.5) is 11.6 Å². The molecule has 2 aliphatic rings. The molecule has 5 rings (SSSR count). The fourth-order valence-corrected chi connectivity index (χ4v) is 4.33. The second kappa shape index (κ2) is 9.48. The highest BCUT2D eigenvalue weighted by Gasteiger charge is 2.24. The summed E-state index contributed by atoms with van der Waals surface area (Å²) in [4.78, 5) is 20.1. The summed E-state index contributed by atoms with van der Waals surface area (Å²) < 4.78 is 12.0. The molecule has 1 saturated heterocycles. The molecule has 0 atom stereocenters. The summed E-state index contributed by atoms with van der Waals surface area (Å²) in [6, 6.07) is 4.56. The lowest BCUT2D eigenvalue weighted by Crippen LogP contribution is -2.36. The van der Waals surface area contributed by atoms with E-state index in [0.29, 0.717) is 12.0 Å². The average molecular weight is 433 g/mol. The lowest BCUT2D eigenvalue weighted by atomic mass is 9.93. The van der Waals surface area contributed by atoms with E-state index < -0.39 is 0 Å². The van der Waals surface area contributed by atoms with Gasteiger partial charge in [-0.15, -0.1) is 0 Å². The van der Waals surface area contributed by atoms with Gasteiger partial charge in [-0.05, 0) is 31.7 Å². The van der Waals surface area contributed by atoms with E-state index in [9.17, 15) is 0 Å². The third-order valence-electron chi connectivity index (χ3n) is 6.11. The Morgan fingerprint density at radius 1 is 1.00 bits per heavy atom. The molecule has 0 bridgehead atoms. The van der Waals surface area contributed by atoms with Crippen molar-refractivity contribution in [1.29, 1.82) is 0 Å². The number of benzene rings is 1.